The SMILES string of the molecule is CCN1CC2(CC1=O)CN(Cc1cccnc1)CCN(C(=O)N(C)C)C2.O=C(O)C(F)(F)F. The van der Waals surface area contributed by atoms with Gasteiger partial charge in [-0.15, -0.1) is 0 Å². The number of amides is 3. The summed E-state index contributed by atoms with van der Waals surface area (Å²) in [6.07, 6.45) is -0.903. The number of urea groups is 1. The van der Waals surface area contributed by atoms with Gasteiger partial charge in [-0.1, -0.05) is 6.07 Å². The molecule has 0 aliphatic carbocycles. The summed E-state index contributed by atoms with van der Waals surface area (Å²) in [6, 6.07) is 4.05. The Labute approximate surface area is 190 Å². The van der Waals surface area contributed by atoms with E-state index >= 15 is 0 Å². The number of nitrogens with zero attached hydrogens (tertiary/aromatic N) is 5. The molecule has 3 rings (SSSR count). The quantitative estimate of drug-likeness (QED) is 0.719. The van der Waals surface area contributed by atoms with Crippen molar-refractivity contribution in [1.82, 2.24) is 24.6 Å². The van der Waals surface area contributed by atoms with Crippen LogP contribution in [0.5, 0.6) is 0 Å². The van der Waals surface area contributed by atoms with E-state index < -0.39 is 12.1 Å². The van der Waals surface area contributed by atoms with Gasteiger partial charge in [0, 0.05) is 84.1 Å². The second kappa shape index (κ2) is 10.8. The Kier molecular flexibility index (Phi) is 8.64. The minimum Gasteiger partial charge on any atom is -0.475 e. The number of aliphatic carboxylic acids is 1. The normalized spacial score (nSPS) is 21.5. The number of hydrogen-bond acceptors (Lipinski definition) is 5. The number of rotatable bonds is 3. The number of carboxylic acid groups (broad SMARTS) is 1. The standard InChI is InChI=1S/C19H29N5O2.C2HF3O2/c1-4-23-14-19(10-17(23)25)13-22(12-16-6-5-7-20-11-16)8-9-24(15-19)18(26)21(2)3;3-2(4,5)1(6)7/h5-7,11H,4,8-10,12-15H2,1-3H3;(H,6,7). The smallest absolute Gasteiger partial charge is 0.475 e. The second-order valence-electron chi connectivity index (χ2n) is 8.56. The van der Waals surface area contributed by atoms with Gasteiger partial charge in [-0.2, -0.15) is 13.2 Å². The van der Waals surface area contributed by atoms with E-state index in [2.05, 4.69) is 16.0 Å². The summed E-state index contributed by atoms with van der Waals surface area (Å²) in [6.45, 7) is 7.20. The lowest BCUT2D eigenvalue weighted by molar-refractivity contribution is -0.192. The third-order valence-electron chi connectivity index (χ3n) is 5.58. The fraction of sp³-hybridized carbons (Fsp3) is 0.619. The van der Waals surface area contributed by atoms with E-state index in [1.807, 2.05) is 29.0 Å². The summed E-state index contributed by atoms with van der Waals surface area (Å²) >= 11 is 0. The van der Waals surface area contributed by atoms with Gasteiger partial charge in [0.15, 0.2) is 0 Å². The molecular formula is C21H30F3N5O4. The molecule has 1 spiro atoms. The Hall–Kier alpha value is -2.89. The van der Waals surface area contributed by atoms with Gasteiger partial charge in [0.1, 0.15) is 0 Å². The zero-order valence-electron chi connectivity index (χ0n) is 19.0. The molecule has 2 saturated heterocycles. The third-order valence-corrected chi connectivity index (χ3v) is 5.58. The van der Waals surface area contributed by atoms with Crippen LogP contribution in [-0.4, -0.2) is 107 Å². The van der Waals surface area contributed by atoms with Crippen molar-refractivity contribution in [3.8, 4) is 0 Å². The highest BCUT2D eigenvalue weighted by Crippen LogP contribution is 2.35. The van der Waals surface area contributed by atoms with Gasteiger partial charge in [0.05, 0.1) is 0 Å². The van der Waals surface area contributed by atoms with Crippen molar-refractivity contribution >= 4 is 17.9 Å². The number of halogens is 3. The molecule has 1 aromatic rings. The molecule has 0 aromatic carbocycles. The number of aromatic nitrogens is 1. The first-order valence-electron chi connectivity index (χ1n) is 10.5. The Balaban J connectivity index is 0.000000479. The van der Waals surface area contributed by atoms with Crippen LogP contribution in [0.15, 0.2) is 24.5 Å². The molecule has 12 heteroatoms. The lowest BCUT2D eigenvalue weighted by Crippen LogP contribution is -2.47. The molecule has 1 N–H and O–H groups in total. The zero-order valence-corrected chi connectivity index (χ0v) is 19.0. The van der Waals surface area contributed by atoms with Crippen molar-refractivity contribution in [2.45, 2.75) is 26.1 Å². The molecule has 1 aromatic heterocycles. The molecule has 1 unspecified atom stereocenters. The van der Waals surface area contributed by atoms with E-state index in [1.54, 1.807) is 25.2 Å². The van der Waals surface area contributed by atoms with Gasteiger partial charge >= 0.3 is 18.2 Å². The van der Waals surface area contributed by atoms with Gasteiger partial charge in [-0.25, -0.2) is 9.59 Å². The fourth-order valence-corrected chi connectivity index (χ4v) is 4.16. The highest BCUT2D eigenvalue weighted by Gasteiger charge is 2.47. The summed E-state index contributed by atoms with van der Waals surface area (Å²) in [5.74, 6) is -2.56. The van der Waals surface area contributed by atoms with E-state index in [1.165, 1.54) is 0 Å². The van der Waals surface area contributed by atoms with Crippen LogP contribution in [0.3, 0.4) is 0 Å². The first kappa shape index (κ1) is 26.4. The summed E-state index contributed by atoms with van der Waals surface area (Å²) in [5.41, 5.74) is 0.962. The minimum absolute atomic E-state index is 0.0231. The molecule has 33 heavy (non-hydrogen) atoms. The average molecular weight is 473 g/mol. The second-order valence-corrected chi connectivity index (χ2v) is 8.56. The van der Waals surface area contributed by atoms with Crippen LogP contribution in [0.25, 0.3) is 0 Å². The molecule has 3 heterocycles. The number of carbonyl (C=O) groups is 3. The highest BCUT2D eigenvalue weighted by atomic mass is 19.4. The molecule has 2 aliphatic rings. The zero-order chi connectivity index (χ0) is 24.8. The summed E-state index contributed by atoms with van der Waals surface area (Å²) in [7, 11) is 3.57. The molecule has 0 radical (unpaired) electrons. The average Bonchev–Trinajstić information content (AvgIpc) is 2.94. The van der Waals surface area contributed by atoms with Crippen molar-refractivity contribution < 1.29 is 32.7 Å². The van der Waals surface area contributed by atoms with Crippen LogP contribution >= 0.6 is 0 Å². The van der Waals surface area contributed by atoms with Crippen LogP contribution in [-0.2, 0) is 16.1 Å². The van der Waals surface area contributed by atoms with E-state index in [-0.39, 0.29) is 17.4 Å². The number of carboxylic acids is 1. The molecule has 184 valence electrons. The summed E-state index contributed by atoms with van der Waals surface area (Å²) in [4.78, 5) is 46.0. The number of hydrogen-bond donors (Lipinski definition) is 1. The van der Waals surface area contributed by atoms with Crippen LogP contribution in [0.4, 0.5) is 18.0 Å². The van der Waals surface area contributed by atoms with Crippen LogP contribution in [0, 0.1) is 5.41 Å². The van der Waals surface area contributed by atoms with E-state index in [0.29, 0.717) is 19.5 Å². The molecule has 9 nitrogen and oxygen atoms in total. The van der Waals surface area contributed by atoms with Crippen LogP contribution < -0.4 is 0 Å². The summed E-state index contributed by atoms with van der Waals surface area (Å²) < 4.78 is 31.7. The Morgan fingerprint density at radius 2 is 1.88 bits per heavy atom. The summed E-state index contributed by atoms with van der Waals surface area (Å²) in [5, 5.41) is 7.12. The first-order chi connectivity index (χ1) is 15.4. The van der Waals surface area contributed by atoms with Crippen molar-refractivity contribution in [1.29, 1.82) is 0 Å². The molecular weight excluding hydrogens is 443 g/mol. The predicted molar refractivity (Wildman–Crippen MR) is 113 cm³/mol. The number of pyridine rings is 1. The van der Waals surface area contributed by atoms with Crippen molar-refractivity contribution in [3.63, 3.8) is 0 Å². The molecule has 0 saturated carbocycles. The Morgan fingerprint density at radius 1 is 1.21 bits per heavy atom. The number of carbonyl (C=O) groups excluding carboxylic acids is 2. The van der Waals surface area contributed by atoms with Gasteiger partial charge in [-0.05, 0) is 18.6 Å². The van der Waals surface area contributed by atoms with Crippen molar-refractivity contribution in [2.75, 3.05) is 53.4 Å². The Bertz CT molecular complexity index is 837. The monoisotopic (exact) mass is 473 g/mol. The van der Waals surface area contributed by atoms with E-state index in [4.69, 9.17) is 9.90 Å². The maximum absolute atomic E-state index is 12.6. The molecule has 0 bridgehead atoms. The lowest BCUT2D eigenvalue weighted by Gasteiger charge is -2.34. The van der Waals surface area contributed by atoms with Crippen molar-refractivity contribution in [2.24, 2.45) is 5.41 Å². The molecule has 2 fully saturated rings. The fourth-order valence-electron chi connectivity index (χ4n) is 4.16. The lowest BCUT2D eigenvalue weighted by atomic mass is 9.86. The van der Waals surface area contributed by atoms with Gasteiger partial charge in [-0.3, -0.25) is 14.7 Å². The first-order valence-corrected chi connectivity index (χ1v) is 10.5. The topological polar surface area (TPSA) is 97.3 Å². The molecule has 1 atom stereocenters. The van der Waals surface area contributed by atoms with Gasteiger partial charge in [0.2, 0.25) is 5.91 Å². The van der Waals surface area contributed by atoms with Gasteiger partial charge in [0.25, 0.3) is 0 Å². The maximum Gasteiger partial charge on any atom is 0.490 e. The number of likely N-dealkylation sites (tertiary alicyclic amines) is 1. The van der Waals surface area contributed by atoms with E-state index in [9.17, 15) is 22.8 Å². The largest absolute Gasteiger partial charge is 0.490 e. The third kappa shape index (κ3) is 7.31. The molecule has 2 aliphatic heterocycles. The minimum atomic E-state index is -5.08. The van der Waals surface area contributed by atoms with Crippen LogP contribution in [0.1, 0.15) is 18.9 Å². The van der Waals surface area contributed by atoms with Crippen LogP contribution in [0.2, 0.25) is 0 Å². The predicted octanol–water partition coefficient (Wildman–Crippen LogP) is 1.75. The maximum atomic E-state index is 12.6. The number of alkyl halides is 3. The van der Waals surface area contributed by atoms with Crippen molar-refractivity contribution in [3.05, 3.63) is 30.1 Å². The van der Waals surface area contributed by atoms with E-state index in [0.717, 1.165) is 38.3 Å². The Morgan fingerprint density at radius 3 is 2.36 bits per heavy atom. The highest BCUT2D eigenvalue weighted by molar-refractivity contribution is 5.80. The molecule has 3 amide bonds. The van der Waals surface area contributed by atoms with Gasteiger partial charge < -0.3 is 19.8 Å².